The highest BCUT2D eigenvalue weighted by Crippen LogP contribution is 2.25. The third kappa shape index (κ3) is 2.99. The van der Waals surface area contributed by atoms with Crippen molar-refractivity contribution >= 4 is 11.6 Å². The normalized spacial score (nSPS) is 10.6. The van der Waals surface area contributed by atoms with Gasteiger partial charge in [-0.3, -0.25) is 4.79 Å². The van der Waals surface area contributed by atoms with Crippen molar-refractivity contribution in [2.45, 2.75) is 13.8 Å². The molecule has 0 bridgehead atoms. The number of benzene rings is 2. The SMILES string of the molecule is Cc1ccc(O)c(NC(=O)c2cnn(-c3ccc(F)cc3)c2C)c1. The summed E-state index contributed by atoms with van der Waals surface area (Å²) in [5, 5.41) is 16.7. The third-order valence-electron chi connectivity index (χ3n) is 3.73. The van der Waals surface area contributed by atoms with E-state index >= 15 is 0 Å². The van der Waals surface area contributed by atoms with Crippen molar-refractivity contribution in [2.75, 3.05) is 5.32 Å². The Balaban J connectivity index is 1.89. The molecule has 0 aliphatic heterocycles. The molecule has 3 aromatic rings. The van der Waals surface area contributed by atoms with E-state index in [4.69, 9.17) is 0 Å². The molecule has 5 nitrogen and oxygen atoms in total. The fourth-order valence-electron chi connectivity index (χ4n) is 2.41. The number of hydrogen-bond donors (Lipinski definition) is 2. The van der Waals surface area contributed by atoms with Crippen molar-refractivity contribution < 1.29 is 14.3 Å². The van der Waals surface area contributed by atoms with Crippen LogP contribution in [0.2, 0.25) is 0 Å². The molecule has 0 spiro atoms. The first kappa shape index (κ1) is 15.7. The van der Waals surface area contributed by atoms with Crippen molar-refractivity contribution in [3.63, 3.8) is 0 Å². The van der Waals surface area contributed by atoms with E-state index < -0.39 is 0 Å². The topological polar surface area (TPSA) is 67.2 Å². The molecule has 3 rings (SSSR count). The average molecular weight is 325 g/mol. The molecule has 1 amide bonds. The van der Waals surface area contributed by atoms with E-state index in [1.807, 2.05) is 6.92 Å². The predicted octanol–water partition coefficient (Wildman–Crippen LogP) is 3.59. The number of anilines is 1. The number of nitrogens with zero attached hydrogens (tertiary/aromatic N) is 2. The zero-order valence-corrected chi connectivity index (χ0v) is 13.2. The Bertz CT molecular complexity index is 901. The molecule has 0 fully saturated rings. The van der Waals surface area contributed by atoms with Gasteiger partial charge in [0.15, 0.2) is 0 Å². The number of aromatic nitrogens is 2. The number of rotatable bonds is 3. The number of phenols is 1. The molecule has 0 saturated carbocycles. The maximum Gasteiger partial charge on any atom is 0.259 e. The minimum absolute atomic E-state index is 0.00229. The van der Waals surface area contributed by atoms with Crippen LogP contribution in [0.15, 0.2) is 48.7 Å². The Labute approximate surface area is 138 Å². The number of halogens is 1. The Morgan fingerprint density at radius 2 is 1.88 bits per heavy atom. The number of hydrogen-bond acceptors (Lipinski definition) is 3. The average Bonchev–Trinajstić information content (AvgIpc) is 2.93. The highest BCUT2D eigenvalue weighted by Gasteiger charge is 2.16. The largest absolute Gasteiger partial charge is 0.506 e. The first-order valence-corrected chi connectivity index (χ1v) is 7.37. The fraction of sp³-hybridized carbons (Fsp3) is 0.111. The molecule has 0 unspecified atom stereocenters. The number of carbonyl (C=O) groups is 1. The molecule has 122 valence electrons. The van der Waals surface area contributed by atoms with Gasteiger partial charge in [-0.05, 0) is 55.8 Å². The summed E-state index contributed by atoms with van der Waals surface area (Å²) in [6.07, 6.45) is 1.45. The molecule has 0 aliphatic rings. The maximum absolute atomic E-state index is 13.0. The van der Waals surface area contributed by atoms with Crippen LogP contribution in [-0.2, 0) is 0 Å². The zero-order chi connectivity index (χ0) is 17.3. The van der Waals surface area contributed by atoms with Gasteiger partial charge in [-0.2, -0.15) is 5.10 Å². The van der Waals surface area contributed by atoms with E-state index in [0.717, 1.165) is 5.56 Å². The van der Waals surface area contributed by atoms with Crippen LogP contribution in [0.25, 0.3) is 5.69 Å². The number of nitrogens with one attached hydrogen (secondary N) is 1. The Hall–Kier alpha value is -3.15. The summed E-state index contributed by atoms with van der Waals surface area (Å²) < 4.78 is 14.6. The number of aryl methyl sites for hydroxylation is 1. The van der Waals surface area contributed by atoms with Gasteiger partial charge in [-0.25, -0.2) is 9.07 Å². The van der Waals surface area contributed by atoms with Crippen LogP contribution in [0.1, 0.15) is 21.6 Å². The summed E-state index contributed by atoms with van der Waals surface area (Å²) in [5.41, 5.74) is 2.91. The lowest BCUT2D eigenvalue weighted by Gasteiger charge is -2.08. The molecule has 2 aromatic carbocycles. The van der Waals surface area contributed by atoms with Crippen LogP contribution in [0.3, 0.4) is 0 Å². The summed E-state index contributed by atoms with van der Waals surface area (Å²) in [7, 11) is 0. The fourth-order valence-corrected chi connectivity index (χ4v) is 2.41. The van der Waals surface area contributed by atoms with Crippen LogP contribution < -0.4 is 5.32 Å². The maximum atomic E-state index is 13.0. The molecule has 0 saturated heterocycles. The molecule has 24 heavy (non-hydrogen) atoms. The minimum Gasteiger partial charge on any atom is -0.506 e. The quantitative estimate of drug-likeness (QED) is 0.723. The van der Waals surface area contributed by atoms with Crippen molar-refractivity contribution in [2.24, 2.45) is 0 Å². The van der Waals surface area contributed by atoms with E-state index in [-0.39, 0.29) is 17.5 Å². The van der Waals surface area contributed by atoms with Crippen LogP contribution in [0.5, 0.6) is 5.75 Å². The second kappa shape index (κ2) is 6.16. The third-order valence-corrected chi connectivity index (χ3v) is 3.73. The summed E-state index contributed by atoms with van der Waals surface area (Å²) in [6.45, 7) is 3.62. The van der Waals surface area contributed by atoms with E-state index in [0.29, 0.717) is 22.6 Å². The van der Waals surface area contributed by atoms with Gasteiger partial charge in [0.1, 0.15) is 11.6 Å². The van der Waals surface area contributed by atoms with Gasteiger partial charge in [0.2, 0.25) is 0 Å². The first-order chi connectivity index (χ1) is 11.5. The molecule has 1 heterocycles. The minimum atomic E-state index is -0.373. The van der Waals surface area contributed by atoms with Crippen molar-refractivity contribution in [1.29, 1.82) is 0 Å². The number of amides is 1. The molecule has 0 atom stereocenters. The number of carbonyl (C=O) groups excluding carboxylic acids is 1. The number of aromatic hydroxyl groups is 1. The second-order valence-electron chi connectivity index (χ2n) is 5.51. The molecular weight excluding hydrogens is 309 g/mol. The van der Waals surface area contributed by atoms with Gasteiger partial charge >= 0.3 is 0 Å². The van der Waals surface area contributed by atoms with Crippen molar-refractivity contribution in [3.05, 3.63) is 71.3 Å². The van der Waals surface area contributed by atoms with E-state index in [2.05, 4.69) is 10.4 Å². The molecule has 2 N–H and O–H groups in total. The summed E-state index contributed by atoms with van der Waals surface area (Å²) in [4.78, 5) is 12.5. The van der Waals surface area contributed by atoms with Crippen LogP contribution in [-0.4, -0.2) is 20.8 Å². The summed E-state index contributed by atoms with van der Waals surface area (Å²) >= 11 is 0. The van der Waals surface area contributed by atoms with E-state index in [9.17, 15) is 14.3 Å². The second-order valence-corrected chi connectivity index (χ2v) is 5.51. The molecule has 0 radical (unpaired) electrons. The monoisotopic (exact) mass is 325 g/mol. The predicted molar refractivity (Wildman–Crippen MR) is 89.1 cm³/mol. The van der Waals surface area contributed by atoms with Crippen LogP contribution >= 0.6 is 0 Å². The van der Waals surface area contributed by atoms with E-state index in [1.54, 1.807) is 35.9 Å². The van der Waals surface area contributed by atoms with Gasteiger partial charge in [-0.15, -0.1) is 0 Å². The molecular formula is C18H16FN3O2. The van der Waals surface area contributed by atoms with Gasteiger partial charge in [0, 0.05) is 0 Å². The van der Waals surface area contributed by atoms with Crippen molar-refractivity contribution in [1.82, 2.24) is 9.78 Å². The summed E-state index contributed by atoms with van der Waals surface area (Å²) in [6, 6.07) is 10.8. The zero-order valence-electron chi connectivity index (χ0n) is 13.2. The van der Waals surface area contributed by atoms with Crippen LogP contribution in [0, 0.1) is 19.7 Å². The molecule has 1 aromatic heterocycles. The van der Waals surface area contributed by atoms with Crippen molar-refractivity contribution in [3.8, 4) is 11.4 Å². The van der Waals surface area contributed by atoms with Gasteiger partial charge in [0.05, 0.1) is 28.8 Å². The van der Waals surface area contributed by atoms with E-state index in [1.165, 1.54) is 24.4 Å². The Morgan fingerprint density at radius 1 is 1.17 bits per heavy atom. The van der Waals surface area contributed by atoms with Gasteiger partial charge < -0.3 is 10.4 Å². The first-order valence-electron chi connectivity index (χ1n) is 7.37. The van der Waals surface area contributed by atoms with Gasteiger partial charge in [0.25, 0.3) is 5.91 Å². The molecule has 6 heteroatoms. The summed E-state index contributed by atoms with van der Waals surface area (Å²) in [5.74, 6) is -0.712. The lowest BCUT2D eigenvalue weighted by Crippen LogP contribution is -2.13. The van der Waals surface area contributed by atoms with Crippen LogP contribution in [0.4, 0.5) is 10.1 Å². The highest BCUT2D eigenvalue weighted by atomic mass is 19.1. The Morgan fingerprint density at radius 3 is 2.58 bits per heavy atom. The number of phenolic OH excluding ortho intramolecular Hbond substituents is 1. The molecule has 0 aliphatic carbocycles. The highest BCUT2D eigenvalue weighted by molar-refractivity contribution is 6.05. The van der Waals surface area contributed by atoms with Gasteiger partial charge in [-0.1, -0.05) is 6.07 Å². The standard InChI is InChI=1S/C18H16FN3O2/c1-11-3-8-17(23)16(9-11)21-18(24)15-10-20-22(12(15)2)14-6-4-13(19)5-7-14/h3-10,23H,1-2H3,(H,21,24). The smallest absolute Gasteiger partial charge is 0.259 e. The lowest BCUT2D eigenvalue weighted by atomic mass is 10.2. The Kier molecular flexibility index (Phi) is 4.04. The lowest BCUT2D eigenvalue weighted by molar-refractivity contribution is 0.102.